The number of nitrogens with one attached hydrogen (secondary N) is 2. The Labute approximate surface area is 162 Å². The fourth-order valence-corrected chi connectivity index (χ4v) is 2.40. The van der Waals surface area contributed by atoms with Crippen LogP contribution < -0.4 is 16.4 Å². The van der Waals surface area contributed by atoms with Gasteiger partial charge in [-0.05, 0) is 48.0 Å². The number of benzene rings is 2. The number of alkyl carbamates (subject to hydrolysis) is 1. The van der Waals surface area contributed by atoms with Crippen LogP contribution >= 0.6 is 0 Å². The van der Waals surface area contributed by atoms with Gasteiger partial charge in [-0.25, -0.2) is 4.79 Å². The lowest BCUT2D eigenvalue weighted by atomic mass is 10.1. The van der Waals surface area contributed by atoms with Gasteiger partial charge < -0.3 is 21.1 Å². The Kier molecular flexibility index (Phi) is 6.20. The molecule has 0 saturated carbocycles. The maximum Gasteiger partial charge on any atom is 0.407 e. The number of pyridine rings is 1. The first-order valence-electron chi connectivity index (χ1n) is 8.65. The molecule has 4 N–H and O–H groups in total. The van der Waals surface area contributed by atoms with Gasteiger partial charge >= 0.3 is 6.09 Å². The molecule has 2 aromatic carbocycles. The quantitative estimate of drug-likeness (QED) is 0.572. The summed E-state index contributed by atoms with van der Waals surface area (Å²) in [5, 5.41) is 5.47. The number of nitrogen functional groups attached to an aromatic ring is 1. The Bertz CT molecular complexity index is 926. The Morgan fingerprint density at radius 3 is 2.39 bits per heavy atom. The van der Waals surface area contributed by atoms with Crippen LogP contribution in [0.4, 0.5) is 16.2 Å². The molecule has 0 spiro atoms. The van der Waals surface area contributed by atoms with Gasteiger partial charge in [0.1, 0.15) is 6.61 Å². The zero-order valence-electron chi connectivity index (χ0n) is 15.1. The Hall–Kier alpha value is -3.87. The van der Waals surface area contributed by atoms with E-state index in [9.17, 15) is 9.59 Å². The molecular formula is C21H20N4O3. The van der Waals surface area contributed by atoms with Crippen molar-refractivity contribution < 1.29 is 14.3 Å². The number of carbonyl (C=O) groups excluding carboxylic acids is 2. The van der Waals surface area contributed by atoms with Gasteiger partial charge in [-0.3, -0.25) is 9.78 Å². The monoisotopic (exact) mass is 376 g/mol. The number of amides is 2. The van der Waals surface area contributed by atoms with Crippen molar-refractivity contribution in [3.8, 4) is 0 Å². The molecule has 0 bridgehead atoms. The van der Waals surface area contributed by atoms with Crippen LogP contribution in [-0.4, -0.2) is 17.0 Å². The van der Waals surface area contributed by atoms with E-state index in [1.807, 2.05) is 6.07 Å². The maximum absolute atomic E-state index is 12.3. The van der Waals surface area contributed by atoms with Crippen LogP contribution in [-0.2, 0) is 17.9 Å². The second kappa shape index (κ2) is 9.18. The molecule has 0 fully saturated rings. The van der Waals surface area contributed by atoms with E-state index in [-0.39, 0.29) is 12.5 Å². The van der Waals surface area contributed by atoms with E-state index < -0.39 is 6.09 Å². The van der Waals surface area contributed by atoms with Gasteiger partial charge in [0.15, 0.2) is 0 Å². The minimum atomic E-state index is -0.519. The molecule has 142 valence electrons. The summed E-state index contributed by atoms with van der Waals surface area (Å²) < 4.78 is 5.12. The highest BCUT2D eigenvalue weighted by Gasteiger charge is 2.07. The summed E-state index contributed by atoms with van der Waals surface area (Å²) in [6.45, 7) is 0.454. The van der Waals surface area contributed by atoms with Gasteiger partial charge in [-0.1, -0.05) is 18.2 Å². The summed E-state index contributed by atoms with van der Waals surface area (Å²) in [4.78, 5) is 28.0. The van der Waals surface area contributed by atoms with E-state index in [2.05, 4.69) is 15.6 Å². The normalized spacial score (nSPS) is 10.1. The summed E-state index contributed by atoms with van der Waals surface area (Å²) in [6, 6.07) is 17.5. The van der Waals surface area contributed by atoms with E-state index >= 15 is 0 Å². The van der Waals surface area contributed by atoms with Crippen LogP contribution in [0.5, 0.6) is 0 Å². The third-order valence-electron chi connectivity index (χ3n) is 3.91. The average molecular weight is 376 g/mol. The zero-order valence-corrected chi connectivity index (χ0v) is 15.1. The zero-order chi connectivity index (χ0) is 19.8. The molecule has 3 aromatic rings. The molecule has 3 rings (SSSR count). The van der Waals surface area contributed by atoms with E-state index in [1.165, 1.54) is 0 Å². The highest BCUT2D eigenvalue weighted by Crippen LogP contribution is 2.13. The Morgan fingerprint density at radius 1 is 0.964 bits per heavy atom. The summed E-state index contributed by atoms with van der Waals surface area (Å²) in [5.41, 5.74) is 9.11. The van der Waals surface area contributed by atoms with Crippen LogP contribution in [0.25, 0.3) is 0 Å². The number of hydrogen-bond donors (Lipinski definition) is 3. The highest BCUT2D eigenvalue weighted by atomic mass is 16.5. The number of carbonyl (C=O) groups is 2. The Morgan fingerprint density at radius 2 is 1.71 bits per heavy atom. The number of nitrogens with zero attached hydrogens (tertiary/aromatic N) is 1. The number of rotatable bonds is 6. The predicted octanol–water partition coefficient (Wildman–Crippen LogP) is 3.34. The van der Waals surface area contributed by atoms with Gasteiger partial charge in [0.25, 0.3) is 5.91 Å². The van der Waals surface area contributed by atoms with Crippen molar-refractivity contribution in [1.29, 1.82) is 0 Å². The fourth-order valence-electron chi connectivity index (χ4n) is 2.40. The molecule has 2 amide bonds. The molecule has 0 aliphatic heterocycles. The molecule has 0 aliphatic rings. The summed E-state index contributed by atoms with van der Waals surface area (Å²) in [7, 11) is 0. The fraction of sp³-hybridized carbons (Fsp3) is 0.0952. The molecule has 7 nitrogen and oxygen atoms in total. The summed E-state index contributed by atoms with van der Waals surface area (Å²) in [5.74, 6) is -0.222. The highest BCUT2D eigenvalue weighted by molar-refractivity contribution is 6.04. The number of aromatic nitrogens is 1. The first kappa shape index (κ1) is 18.9. The van der Waals surface area contributed by atoms with Crippen LogP contribution in [0.1, 0.15) is 21.5 Å². The SMILES string of the molecule is Nc1ccc(NC(=O)c2ccc(CNC(=O)OCc3cccnc3)cc2)cc1. The minimum Gasteiger partial charge on any atom is -0.445 e. The van der Waals surface area contributed by atoms with E-state index in [1.54, 1.807) is 67.0 Å². The first-order chi connectivity index (χ1) is 13.6. The maximum atomic E-state index is 12.3. The number of hydrogen-bond acceptors (Lipinski definition) is 5. The predicted molar refractivity (Wildman–Crippen MR) is 107 cm³/mol. The number of nitrogens with two attached hydrogens (primary N) is 1. The molecule has 0 radical (unpaired) electrons. The third kappa shape index (κ3) is 5.57. The lowest BCUT2D eigenvalue weighted by Crippen LogP contribution is -2.23. The summed E-state index contributed by atoms with van der Waals surface area (Å²) >= 11 is 0. The largest absolute Gasteiger partial charge is 0.445 e. The first-order valence-corrected chi connectivity index (χ1v) is 8.65. The second-order valence-corrected chi connectivity index (χ2v) is 6.06. The third-order valence-corrected chi connectivity index (χ3v) is 3.91. The van der Waals surface area contributed by atoms with Gasteiger partial charge in [-0.2, -0.15) is 0 Å². The molecule has 0 saturated heterocycles. The van der Waals surface area contributed by atoms with Gasteiger partial charge in [0, 0.05) is 41.4 Å². The van der Waals surface area contributed by atoms with Crippen LogP contribution in [0.2, 0.25) is 0 Å². The molecule has 28 heavy (non-hydrogen) atoms. The molecule has 0 aliphatic carbocycles. The van der Waals surface area contributed by atoms with Gasteiger partial charge in [0.2, 0.25) is 0 Å². The number of ether oxygens (including phenoxy) is 1. The summed E-state index contributed by atoms with van der Waals surface area (Å²) in [6.07, 6.45) is 2.78. The molecule has 0 unspecified atom stereocenters. The van der Waals surface area contributed by atoms with Crippen LogP contribution in [0, 0.1) is 0 Å². The average Bonchev–Trinajstić information content (AvgIpc) is 2.73. The van der Waals surface area contributed by atoms with Gasteiger partial charge in [-0.15, -0.1) is 0 Å². The smallest absolute Gasteiger partial charge is 0.407 e. The molecule has 1 heterocycles. The topological polar surface area (TPSA) is 106 Å². The second-order valence-electron chi connectivity index (χ2n) is 6.06. The number of anilines is 2. The van der Waals surface area contributed by atoms with Crippen molar-refractivity contribution in [2.45, 2.75) is 13.2 Å². The Balaban J connectivity index is 1.46. The van der Waals surface area contributed by atoms with Crippen molar-refractivity contribution in [1.82, 2.24) is 10.3 Å². The molecule has 0 atom stereocenters. The van der Waals surface area contributed by atoms with Crippen molar-refractivity contribution in [2.75, 3.05) is 11.1 Å². The van der Waals surface area contributed by atoms with E-state index in [0.29, 0.717) is 23.5 Å². The van der Waals surface area contributed by atoms with Crippen molar-refractivity contribution in [3.63, 3.8) is 0 Å². The van der Waals surface area contributed by atoms with Crippen molar-refractivity contribution >= 4 is 23.4 Å². The molecule has 7 heteroatoms. The van der Waals surface area contributed by atoms with Crippen molar-refractivity contribution in [2.24, 2.45) is 0 Å². The molecule has 1 aromatic heterocycles. The van der Waals surface area contributed by atoms with Gasteiger partial charge in [0.05, 0.1) is 0 Å². The van der Waals surface area contributed by atoms with E-state index in [4.69, 9.17) is 10.5 Å². The lowest BCUT2D eigenvalue weighted by Gasteiger charge is -2.08. The van der Waals surface area contributed by atoms with E-state index in [0.717, 1.165) is 11.1 Å². The molecular weight excluding hydrogens is 356 g/mol. The standard InChI is InChI=1S/C21H20N4O3/c22-18-7-9-19(10-8-18)25-20(26)17-5-3-15(4-6-17)13-24-21(27)28-14-16-2-1-11-23-12-16/h1-12H,13-14,22H2,(H,24,27)(H,25,26). The van der Waals surface area contributed by atoms with Crippen molar-refractivity contribution in [3.05, 3.63) is 89.7 Å². The minimum absolute atomic E-state index is 0.157. The van der Waals surface area contributed by atoms with Crippen LogP contribution in [0.15, 0.2) is 73.1 Å². The lowest BCUT2D eigenvalue weighted by molar-refractivity contribution is 0.102. The van der Waals surface area contributed by atoms with Crippen LogP contribution in [0.3, 0.4) is 0 Å².